The van der Waals surface area contributed by atoms with Gasteiger partial charge in [-0.2, -0.15) is 8.61 Å². The Morgan fingerprint density at radius 3 is 1.53 bits per heavy atom. The molecule has 2 aromatic heterocycles. The second kappa shape index (κ2) is 18.7. The van der Waals surface area contributed by atoms with E-state index in [0.29, 0.717) is 57.3 Å². The smallest absolute Gasteiger partial charge is 0.243 e. The van der Waals surface area contributed by atoms with E-state index in [9.17, 15) is 21.2 Å². The van der Waals surface area contributed by atoms with Crippen LogP contribution in [0.3, 0.4) is 0 Å². The average molecular weight is 938 g/mol. The topological polar surface area (TPSA) is 107 Å². The number of aryl methyl sites for hydroxylation is 3. The summed E-state index contributed by atoms with van der Waals surface area (Å²) in [5.41, 5.74) is 8.49. The standard InChI is InChI=1S/C23H26FN3O2S2.C20H20BrN3O2S2/c1-16-12-17(2)22(18(3)13-16)14-20-15-30-23(25-20)26-8-10-27(11-9-26)31(28,29)21-6-4-19(24)5-7-21;21-17-6-8-19(9-7-17)28(25,26)24-12-10-23(11-13-24)20-22-18(15-27-20)14-16-4-2-1-3-5-16/h4-7,12-13,15H,8-11,14H2,1-3H3;1-9,15H,10-14H2. The van der Waals surface area contributed by atoms with Crippen molar-refractivity contribution in [2.75, 3.05) is 62.2 Å². The molecule has 0 unspecified atom stereocenters. The van der Waals surface area contributed by atoms with Crippen LogP contribution < -0.4 is 9.80 Å². The molecular weight excluding hydrogens is 892 g/mol. The molecule has 0 spiro atoms. The molecular formula is C43H46BrFN6O4S4. The minimum atomic E-state index is -3.61. The lowest BCUT2D eigenvalue weighted by Gasteiger charge is -2.33. The van der Waals surface area contributed by atoms with Crippen LogP contribution in [0.5, 0.6) is 0 Å². The lowest BCUT2D eigenvalue weighted by molar-refractivity contribution is 0.384. The maximum atomic E-state index is 13.1. The lowest BCUT2D eigenvalue weighted by Crippen LogP contribution is -2.48. The van der Waals surface area contributed by atoms with Crippen molar-refractivity contribution in [3.05, 3.63) is 151 Å². The molecule has 2 saturated heterocycles. The van der Waals surface area contributed by atoms with Gasteiger partial charge in [0, 0.05) is 80.4 Å². The molecule has 0 bridgehead atoms. The first-order valence-electron chi connectivity index (χ1n) is 19.3. The largest absolute Gasteiger partial charge is 0.345 e. The zero-order valence-electron chi connectivity index (χ0n) is 33.1. The number of hydrogen-bond acceptors (Lipinski definition) is 10. The first-order valence-corrected chi connectivity index (χ1v) is 24.7. The normalized spacial score (nSPS) is 15.5. The van der Waals surface area contributed by atoms with Crippen molar-refractivity contribution in [1.82, 2.24) is 18.6 Å². The summed E-state index contributed by atoms with van der Waals surface area (Å²) in [7, 11) is -7.06. The highest BCUT2D eigenvalue weighted by Gasteiger charge is 2.31. The van der Waals surface area contributed by atoms with Crippen LogP contribution >= 0.6 is 38.6 Å². The Balaban J connectivity index is 0.000000180. The molecule has 6 aromatic rings. The third-order valence-electron chi connectivity index (χ3n) is 10.4. The number of thiazole rings is 2. The van der Waals surface area contributed by atoms with Gasteiger partial charge in [0.1, 0.15) is 5.82 Å². The molecule has 0 radical (unpaired) electrons. The molecule has 0 saturated carbocycles. The Morgan fingerprint density at radius 1 is 0.610 bits per heavy atom. The maximum Gasteiger partial charge on any atom is 0.243 e. The number of aromatic nitrogens is 2. The van der Waals surface area contributed by atoms with Gasteiger partial charge in [-0.3, -0.25) is 0 Å². The van der Waals surface area contributed by atoms with E-state index >= 15 is 0 Å². The van der Waals surface area contributed by atoms with Crippen molar-refractivity contribution in [3.63, 3.8) is 0 Å². The van der Waals surface area contributed by atoms with E-state index in [1.807, 2.05) is 18.2 Å². The number of sulfonamides is 2. The fourth-order valence-corrected chi connectivity index (χ4v) is 12.1. The molecule has 4 aromatic carbocycles. The van der Waals surface area contributed by atoms with Gasteiger partial charge in [-0.15, -0.1) is 22.7 Å². The summed E-state index contributed by atoms with van der Waals surface area (Å²) >= 11 is 6.57. The molecule has 0 atom stereocenters. The molecule has 8 rings (SSSR count). The van der Waals surface area contributed by atoms with Gasteiger partial charge < -0.3 is 9.80 Å². The van der Waals surface area contributed by atoms with Crippen LogP contribution in [0.4, 0.5) is 14.7 Å². The number of benzene rings is 4. The number of hydrogen-bond donors (Lipinski definition) is 0. The van der Waals surface area contributed by atoms with Crippen molar-refractivity contribution in [2.45, 2.75) is 43.4 Å². The number of piperazine rings is 2. The fraction of sp³-hybridized carbons (Fsp3) is 0.302. The molecule has 0 N–H and O–H groups in total. The summed E-state index contributed by atoms with van der Waals surface area (Å²) in [5.74, 6) is -0.445. The zero-order chi connectivity index (χ0) is 41.7. The predicted molar refractivity (Wildman–Crippen MR) is 239 cm³/mol. The van der Waals surface area contributed by atoms with Crippen LogP contribution in [-0.2, 0) is 32.9 Å². The molecule has 16 heteroatoms. The summed E-state index contributed by atoms with van der Waals surface area (Å²) in [6.45, 7) is 10.5. The quantitative estimate of drug-likeness (QED) is 0.135. The van der Waals surface area contributed by atoms with Crippen molar-refractivity contribution in [3.8, 4) is 0 Å². The van der Waals surface area contributed by atoms with Gasteiger partial charge in [0.25, 0.3) is 0 Å². The van der Waals surface area contributed by atoms with E-state index in [-0.39, 0.29) is 4.90 Å². The summed E-state index contributed by atoms with van der Waals surface area (Å²) in [4.78, 5) is 14.4. The Morgan fingerprint density at radius 2 is 1.05 bits per heavy atom. The number of nitrogens with zero attached hydrogens (tertiary/aromatic N) is 6. The van der Waals surface area contributed by atoms with Crippen molar-refractivity contribution in [1.29, 1.82) is 0 Å². The third kappa shape index (κ3) is 10.5. The van der Waals surface area contributed by atoms with Gasteiger partial charge in [-0.25, -0.2) is 31.2 Å². The number of halogens is 2. The van der Waals surface area contributed by atoms with Gasteiger partial charge in [0.15, 0.2) is 10.3 Å². The van der Waals surface area contributed by atoms with Gasteiger partial charge in [-0.1, -0.05) is 64.0 Å². The van der Waals surface area contributed by atoms with E-state index in [1.54, 1.807) is 51.2 Å². The Kier molecular flexibility index (Phi) is 13.7. The lowest BCUT2D eigenvalue weighted by atomic mass is 9.96. The zero-order valence-corrected chi connectivity index (χ0v) is 37.9. The summed E-state index contributed by atoms with van der Waals surface area (Å²) < 4.78 is 68.3. The monoisotopic (exact) mass is 936 g/mol. The van der Waals surface area contributed by atoms with Crippen LogP contribution in [0.1, 0.15) is 39.2 Å². The second-order valence-corrected chi connectivity index (χ2v) is 21.1. The van der Waals surface area contributed by atoms with Gasteiger partial charge in [-0.05, 0) is 91.6 Å². The predicted octanol–water partition coefficient (Wildman–Crippen LogP) is 8.32. The van der Waals surface area contributed by atoms with Crippen molar-refractivity contribution in [2.24, 2.45) is 0 Å². The minimum absolute atomic E-state index is 0.128. The Labute approximate surface area is 363 Å². The molecule has 10 nitrogen and oxygen atoms in total. The minimum Gasteiger partial charge on any atom is -0.345 e. The van der Waals surface area contributed by atoms with E-state index in [0.717, 1.165) is 39.0 Å². The van der Waals surface area contributed by atoms with Crippen molar-refractivity contribution < 1.29 is 21.2 Å². The Bertz CT molecular complexity index is 2550. The highest BCUT2D eigenvalue weighted by Crippen LogP contribution is 2.28. The van der Waals surface area contributed by atoms with E-state index in [1.165, 1.54) is 56.4 Å². The summed E-state index contributed by atoms with van der Waals surface area (Å²) in [6, 6.07) is 26.5. The molecule has 4 heterocycles. The summed E-state index contributed by atoms with van der Waals surface area (Å²) in [6.07, 6.45) is 1.61. The number of anilines is 2. The van der Waals surface area contributed by atoms with Crippen LogP contribution in [0.25, 0.3) is 0 Å². The molecule has 2 aliphatic heterocycles. The third-order valence-corrected chi connectivity index (χ3v) is 16.7. The molecule has 59 heavy (non-hydrogen) atoms. The maximum absolute atomic E-state index is 13.1. The van der Waals surface area contributed by atoms with Gasteiger partial charge in [0.2, 0.25) is 20.0 Å². The first kappa shape index (κ1) is 43.1. The molecule has 310 valence electrons. The fourth-order valence-electron chi connectivity index (χ4n) is 7.27. The average Bonchev–Trinajstić information content (AvgIpc) is 3.91. The Hall–Kier alpha value is -4.03. The highest BCUT2D eigenvalue weighted by molar-refractivity contribution is 9.10. The van der Waals surface area contributed by atoms with Crippen LogP contribution in [0, 0.1) is 26.6 Å². The molecule has 2 fully saturated rings. The van der Waals surface area contributed by atoms with Gasteiger partial charge in [0.05, 0.1) is 21.2 Å². The first-order chi connectivity index (χ1) is 28.3. The van der Waals surface area contributed by atoms with Crippen LogP contribution in [0.15, 0.2) is 116 Å². The van der Waals surface area contributed by atoms with Crippen LogP contribution in [-0.4, -0.2) is 87.8 Å². The highest BCUT2D eigenvalue weighted by atomic mass is 79.9. The van der Waals surface area contributed by atoms with E-state index < -0.39 is 25.9 Å². The second-order valence-electron chi connectivity index (χ2n) is 14.6. The molecule has 0 aliphatic carbocycles. The summed E-state index contributed by atoms with van der Waals surface area (Å²) in [5, 5.41) is 6.08. The SMILES string of the molecule is Cc1cc(C)c(Cc2csc(N3CCN(S(=O)(=O)c4ccc(F)cc4)CC3)n2)c(C)c1.O=S(=O)(c1ccc(Br)cc1)N1CCN(c2nc(Cc3ccccc3)cs2)CC1. The van der Waals surface area contributed by atoms with Gasteiger partial charge >= 0.3 is 0 Å². The number of rotatable bonds is 10. The molecule has 0 amide bonds. The van der Waals surface area contributed by atoms with Crippen LogP contribution in [0.2, 0.25) is 0 Å². The van der Waals surface area contributed by atoms with E-state index in [4.69, 9.17) is 9.97 Å². The molecule has 2 aliphatic rings. The van der Waals surface area contributed by atoms with E-state index in [2.05, 4.69) is 81.5 Å². The van der Waals surface area contributed by atoms with Crippen molar-refractivity contribution >= 4 is 68.9 Å².